The second-order valence-corrected chi connectivity index (χ2v) is 6.85. The van der Waals surface area contributed by atoms with Gasteiger partial charge in [0.25, 0.3) is 0 Å². The molecule has 0 spiro atoms. The SMILES string of the molecule is CCOc1ccc(C2(c3ccc(-c4cn[nH]c4)cc3)CCNCC2)cc1. The van der Waals surface area contributed by atoms with Gasteiger partial charge >= 0.3 is 0 Å². The minimum Gasteiger partial charge on any atom is -0.494 e. The lowest BCUT2D eigenvalue weighted by Gasteiger charge is -2.39. The Morgan fingerprint density at radius 1 is 0.923 bits per heavy atom. The van der Waals surface area contributed by atoms with Crippen LogP contribution < -0.4 is 10.1 Å². The van der Waals surface area contributed by atoms with Gasteiger partial charge in [-0.15, -0.1) is 0 Å². The van der Waals surface area contributed by atoms with Gasteiger partial charge in [0.2, 0.25) is 0 Å². The molecule has 0 unspecified atom stereocenters. The van der Waals surface area contributed by atoms with Crippen LogP contribution in [0.2, 0.25) is 0 Å². The number of nitrogens with one attached hydrogen (secondary N) is 2. The molecule has 0 amide bonds. The average Bonchev–Trinajstić information content (AvgIpc) is 3.24. The summed E-state index contributed by atoms with van der Waals surface area (Å²) in [6.07, 6.45) is 6.00. The van der Waals surface area contributed by atoms with E-state index in [1.807, 2.05) is 19.3 Å². The summed E-state index contributed by atoms with van der Waals surface area (Å²) in [6.45, 7) is 4.79. The molecule has 26 heavy (non-hydrogen) atoms. The predicted molar refractivity (Wildman–Crippen MR) is 105 cm³/mol. The highest BCUT2D eigenvalue weighted by molar-refractivity contribution is 5.62. The highest BCUT2D eigenvalue weighted by atomic mass is 16.5. The van der Waals surface area contributed by atoms with Gasteiger partial charge in [-0.3, -0.25) is 5.10 Å². The zero-order chi connectivity index (χ0) is 17.8. The van der Waals surface area contributed by atoms with Crippen molar-refractivity contribution >= 4 is 0 Å². The largest absolute Gasteiger partial charge is 0.494 e. The summed E-state index contributed by atoms with van der Waals surface area (Å²) in [7, 11) is 0. The maximum atomic E-state index is 5.62. The van der Waals surface area contributed by atoms with Gasteiger partial charge in [0.05, 0.1) is 12.8 Å². The molecule has 0 radical (unpaired) electrons. The number of rotatable bonds is 5. The van der Waals surface area contributed by atoms with Gasteiger partial charge in [-0.25, -0.2) is 0 Å². The second-order valence-electron chi connectivity index (χ2n) is 6.85. The molecule has 4 heteroatoms. The van der Waals surface area contributed by atoms with Crippen LogP contribution in [0.25, 0.3) is 11.1 Å². The van der Waals surface area contributed by atoms with Gasteiger partial charge < -0.3 is 10.1 Å². The molecule has 1 aliphatic rings. The van der Waals surface area contributed by atoms with Crippen molar-refractivity contribution < 1.29 is 4.74 Å². The standard InChI is InChI=1S/C22H25N3O/c1-2-26-21-9-7-20(8-10-21)22(11-13-23-14-12-22)19-5-3-17(4-6-19)18-15-24-25-16-18/h3-10,15-16,23H,2,11-14H2,1H3,(H,24,25). The molecule has 2 heterocycles. The fourth-order valence-corrected chi connectivity index (χ4v) is 4.02. The molecular weight excluding hydrogens is 322 g/mol. The summed E-state index contributed by atoms with van der Waals surface area (Å²) < 4.78 is 5.62. The van der Waals surface area contributed by atoms with E-state index < -0.39 is 0 Å². The van der Waals surface area contributed by atoms with E-state index in [0.717, 1.165) is 37.2 Å². The first-order valence-electron chi connectivity index (χ1n) is 9.35. The zero-order valence-corrected chi connectivity index (χ0v) is 15.2. The molecule has 134 valence electrons. The van der Waals surface area contributed by atoms with Crippen LogP contribution >= 0.6 is 0 Å². The van der Waals surface area contributed by atoms with E-state index in [1.165, 1.54) is 16.7 Å². The number of benzene rings is 2. The summed E-state index contributed by atoms with van der Waals surface area (Å²) in [5, 5.41) is 10.4. The molecule has 4 rings (SSSR count). The van der Waals surface area contributed by atoms with Gasteiger partial charge in [-0.2, -0.15) is 5.10 Å². The molecule has 1 aromatic heterocycles. The number of H-pyrrole nitrogens is 1. The van der Waals surface area contributed by atoms with Crippen molar-refractivity contribution in [2.24, 2.45) is 0 Å². The van der Waals surface area contributed by atoms with Crippen LogP contribution in [0.15, 0.2) is 60.9 Å². The Bertz CT molecular complexity index is 817. The van der Waals surface area contributed by atoms with Gasteiger partial charge in [-0.1, -0.05) is 36.4 Å². The summed E-state index contributed by atoms with van der Waals surface area (Å²) in [4.78, 5) is 0. The van der Waals surface area contributed by atoms with Crippen molar-refractivity contribution in [2.45, 2.75) is 25.2 Å². The third kappa shape index (κ3) is 3.13. The summed E-state index contributed by atoms with van der Waals surface area (Å²) >= 11 is 0. The average molecular weight is 347 g/mol. The van der Waals surface area contributed by atoms with Crippen molar-refractivity contribution in [2.75, 3.05) is 19.7 Å². The molecule has 2 N–H and O–H groups in total. The Kier molecular flexibility index (Phi) is 4.76. The molecule has 0 aliphatic carbocycles. The molecule has 4 nitrogen and oxygen atoms in total. The van der Waals surface area contributed by atoms with Crippen molar-refractivity contribution in [3.05, 3.63) is 72.1 Å². The van der Waals surface area contributed by atoms with Crippen LogP contribution in [0, 0.1) is 0 Å². The van der Waals surface area contributed by atoms with Crippen LogP contribution in [0.5, 0.6) is 5.75 Å². The minimum absolute atomic E-state index is 0.0604. The van der Waals surface area contributed by atoms with Gasteiger partial charge in [0.15, 0.2) is 0 Å². The molecule has 0 bridgehead atoms. The Balaban J connectivity index is 1.70. The summed E-state index contributed by atoms with van der Waals surface area (Å²) in [5.41, 5.74) is 5.13. The predicted octanol–water partition coefficient (Wildman–Crippen LogP) is 4.14. The maximum absolute atomic E-state index is 5.62. The normalized spacial score (nSPS) is 16.3. The van der Waals surface area contributed by atoms with E-state index in [4.69, 9.17) is 4.74 Å². The Morgan fingerprint density at radius 3 is 2.15 bits per heavy atom. The molecule has 1 aliphatic heterocycles. The van der Waals surface area contributed by atoms with E-state index in [2.05, 4.69) is 64.0 Å². The molecule has 0 saturated carbocycles. The molecule has 2 aromatic carbocycles. The number of hydrogen-bond donors (Lipinski definition) is 2. The van der Waals surface area contributed by atoms with E-state index in [1.54, 1.807) is 0 Å². The highest BCUT2D eigenvalue weighted by Gasteiger charge is 2.35. The van der Waals surface area contributed by atoms with Crippen molar-refractivity contribution in [3.8, 4) is 16.9 Å². The minimum atomic E-state index is 0.0604. The lowest BCUT2D eigenvalue weighted by Crippen LogP contribution is -2.40. The maximum Gasteiger partial charge on any atom is 0.119 e. The number of ether oxygens (including phenoxy) is 1. The van der Waals surface area contributed by atoms with E-state index in [0.29, 0.717) is 6.61 Å². The van der Waals surface area contributed by atoms with E-state index in [9.17, 15) is 0 Å². The number of aromatic nitrogens is 2. The lowest BCUT2D eigenvalue weighted by atomic mass is 9.68. The number of aromatic amines is 1. The third-order valence-corrected chi connectivity index (χ3v) is 5.44. The van der Waals surface area contributed by atoms with Crippen LogP contribution in [0.3, 0.4) is 0 Å². The molecule has 0 atom stereocenters. The van der Waals surface area contributed by atoms with E-state index in [-0.39, 0.29) is 5.41 Å². The molecule has 1 saturated heterocycles. The van der Waals surface area contributed by atoms with Crippen LogP contribution in [-0.2, 0) is 5.41 Å². The Labute approximate surface area is 154 Å². The molecule has 3 aromatic rings. The van der Waals surface area contributed by atoms with Crippen molar-refractivity contribution in [1.82, 2.24) is 15.5 Å². The zero-order valence-electron chi connectivity index (χ0n) is 15.2. The van der Waals surface area contributed by atoms with Gasteiger partial charge in [0, 0.05) is 17.2 Å². The Hall–Kier alpha value is -2.59. The smallest absolute Gasteiger partial charge is 0.119 e. The first-order chi connectivity index (χ1) is 12.8. The number of piperidine rings is 1. The monoisotopic (exact) mass is 347 g/mol. The fraction of sp³-hybridized carbons (Fsp3) is 0.318. The van der Waals surface area contributed by atoms with Crippen molar-refractivity contribution in [1.29, 1.82) is 0 Å². The number of hydrogen-bond acceptors (Lipinski definition) is 3. The first kappa shape index (κ1) is 16.9. The molecule has 1 fully saturated rings. The summed E-state index contributed by atoms with van der Waals surface area (Å²) in [5.74, 6) is 0.940. The third-order valence-electron chi connectivity index (χ3n) is 5.44. The Morgan fingerprint density at radius 2 is 1.58 bits per heavy atom. The van der Waals surface area contributed by atoms with Crippen molar-refractivity contribution in [3.63, 3.8) is 0 Å². The number of nitrogens with zero attached hydrogens (tertiary/aromatic N) is 1. The van der Waals surface area contributed by atoms with Crippen LogP contribution in [0.1, 0.15) is 30.9 Å². The topological polar surface area (TPSA) is 49.9 Å². The van der Waals surface area contributed by atoms with Crippen LogP contribution in [0.4, 0.5) is 0 Å². The first-order valence-corrected chi connectivity index (χ1v) is 9.35. The van der Waals surface area contributed by atoms with Gasteiger partial charge in [0.1, 0.15) is 5.75 Å². The quantitative estimate of drug-likeness (QED) is 0.729. The molecular formula is C22H25N3O. The van der Waals surface area contributed by atoms with E-state index >= 15 is 0 Å². The van der Waals surface area contributed by atoms with Gasteiger partial charge in [-0.05, 0) is 61.7 Å². The summed E-state index contributed by atoms with van der Waals surface area (Å²) in [6, 6.07) is 17.6. The van der Waals surface area contributed by atoms with Crippen LogP contribution in [-0.4, -0.2) is 29.9 Å². The lowest BCUT2D eigenvalue weighted by molar-refractivity contribution is 0.338. The second kappa shape index (κ2) is 7.34. The highest BCUT2D eigenvalue weighted by Crippen LogP contribution is 2.41. The fourth-order valence-electron chi connectivity index (χ4n) is 4.02.